The van der Waals surface area contributed by atoms with Crippen LogP contribution in [0.25, 0.3) is 44.6 Å². The number of fused-ring (bicyclic) bond motifs is 2. The zero-order chi connectivity index (χ0) is 28.0. The molecule has 0 aliphatic rings. The topological polar surface area (TPSA) is 82.2 Å². The molecule has 0 unspecified atom stereocenters. The summed E-state index contributed by atoms with van der Waals surface area (Å²) in [4.78, 5) is 20.8. The summed E-state index contributed by atoms with van der Waals surface area (Å²) >= 11 is 0. The minimum absolute atomic E-state index is 0.296. The van der Waals surface area contributed by atoms with Gasteiger partial charge in [-0.1, -0.05) is 49.4 Å². The lowest BCUT2D eigenvalue weighted by Gasteiger charge is -2.12. The minimum atomic E-state index is -1.34. The summed E-state index contributed by atoms with van der Waals surface area (Å²) in [5.74, 6) is 1.73. The molecule has 2 heterocycles. The molecule has 4 aromatic carbocycles. The van der Waals surface area contributed by atoms with Gasteiger partial charge in [-0.15, -0.1) is 0 Å². The fourth-order valence-electron chi connectivity index (χ4n) is 5.31. The molecule has 0 aliphatic carbocycles. The molecule has 0 bridgehead atoms. The normalized spacial score (nSPS) is 11.4. The van der Waals surface area contributed by atoms with Crippen LogP contribution in [-0.4, -0.2) is 30.4 Å². The Morgan fingerprint density at radius 2 is 1.73 bits per heavy atom. The number of nitrogens with zero attached hydrogens (tertiary/aromatic N) is 4. The van der Waals surface area contributed by atoms with Crippen molar-refractivity contribution < 1.29 is 19.0 Å². The van der Waals surface area contributed by atoms with E-state index in [-0.39, 0.29) is 5.82 Å². The van der Waals surface area contributed by atoms with E-state index in [0.29, 0.717) is 23.4 Å². The Labute approximate surface area is 230 Å². The van der Waals surface area contributed by atoms with E-state index in [2.05, 4.69) is 30.5 Å². The number of hydrogen-bond acceptors (Lipinski definition) is 4. The van der Waals surface area contributed by atoms with Crippen molar-refractivity contribution >= 4 is 28.2 Å². The number of ether oxygens (including phenoxy) is 1. The first kappa shape index (κ1) is 25.3. The van der Waals surface area contributed by atoms with Crippen LogP contribution in [0.5, 0.6) is 5.75 Å². The number of aryl methyl sites for hydroxylation is 3. The minimum Gasteiger partial charge on any atom is -0.449 e. The molecule has 0 aliphatic heterocycles. The molecule has 0 amide bonds. The molecule has 0 spiro atoms. The Hall–Kier alpha value is -4.98. The number of benzene rings is 4. The highest BCUT2D eigenvalue weighted by molar-refractivity contribution is 5.87. The Morgan fingerprint density at radius 3 is 2.48 bits per heavy atom. The highest BCUT2D eigenvalue weighted by Crippen LogP contribution is 2.32. The van der Waals surface area contributed by atoms with Gasteiger partial charge in [0.2, 0.25) is 0 Å². The Bertz CT molecular complexity index is 1900. The van der Waals surface area contributed by atoms with E-state index in [9.17, 15) is 9.18 Å². The second-order valence-corrected chi connectivity index (χ2v) is 9.82. The third-order valence-electron chi connectivity index (χ3n) is 7.23. The number of imidazole rings is 2. The van der Waals surface area contributed by atoms with Gasteiger partial charge in [0.15, 0.2) is 0 Å². The van der Waals surface area contributed by atoms with E-state index >= 15 is 0 Å². The molecule has 0 saturated heterocycles. The number of carbonyl (C=O) groups is 1. The Morgan fingerprint density at radius 1 is 0.950 bits per heavy atom. The maximum absolute atomic E-state index is 13.9. The molecule has 0 radical (unpaired) electrons. The van der Waals surface area contributed by atoms with Crippen molar-refractivity contribution in [2.45, 2.75) is 26.8 Å². The van der Waals surface area contributed by atoms with Gasteiger partial charge in [0, 0.05) is 37.2 Å². The van der Waals surface area contributed by atoms with Crippen LogP contribution in [0.1, 0.15) is 23.9 Å². The number of halogens is 1. The van der Waals surface area contributed by atoms with E-state index in [1.165, 1.54) is 12.1 Å². The lowest BCUT2D eigenvalue weighted by atomic mass is 10.0. The van der Waals surface area contributed by atoms with Gasteiger partial charge in [0.05, 0.1) is 22.1 Å². The van der Waals surface area contributed by atoms with Crippen molar-refractivity contribution in [2.24, 2.45) is 7.05 Å². The van der Waals surface area contributed by atoms with Crippen LogP contribution in [-0.2, 0) is 20.0 Å². The van der Waals surface area contributed by atoms with Gasteiger partial charge in [-0.05, 0) is 53.9 Å². The SMILES string of the molecule is CCc1nc2c(C)cc(-c3nc4cc(F)ccc4n3C)cc2n1Cc1ccc(-c2ccccc2OC(=O)O)cc1. The largest absolute Gasteiger partial charge is 0.511 e. The van der Waals surface area contributed by atoms with E-state index in [0.717, 1.165) is 56.9 Å². The molecule has 6 aromatic rings. The predicted molar refractivity (Wildman–Crippen MR) is 153 cm³/mol. The third-order valence-corrected chi connectivity index (χ3v) is 7.23. The fraction of sp³-hybridized carbons (Fsp3) is 0.156. The molecule has 2 aromatic heterocycles. The summed E-state index contributed by atoms with van der Waals surface area (Å²) < 4.78 is 23.0. The van der Waals surface area contributed by atoms with Crippen LogP contribution in [0.15, 0.2) is 78.9 Å². The van der Waals surface area contributed by atoms with Crippen molar-refractivity contribution in [3.63, 3.8) is 0 Å². The molecule has 8 heteroatoms. The molecule has 0 saturated carbocycles. The lowest BCUT2D eigenvalue weighted by molar-refractivity contribution is 0.144. The second kappa shape index (κ2) is 9.96. The molecular weight excluding hydrogens is 507 g/mol. The van der Waals surface area contributed by atoms with E-state index in [4.69, 9.17) is 19.8 Å². The van der Waals surface area contributed by atoms with Gasteiger partial charge in [-0.25, -0.2) is 19.2 Å². The maximum Gasteiger partial charge on any atom is 0.511 e. The van der Waals surface area contributed by atoms with Crippen LogP contribution in [0.3, 0.4) is 0 Å². The number of carboxylic acid groups (broad SMARTS) is 1. The van der Waals surface area contributed by atoms with Gasteiger partial charge < -0.3 is 19.0 Å². The quantitative estimate of drug-likeness (QED) is 0.178. The highest BCUT2D eigenvalue weighted by Gasteiger charge is 2.17. The van der Waals surface area contributed by atoms with Gasteiger partial charge >= 0.3 is 6.16 Å². The van der Waals surface area contributed by atoms with Crippen molar-refractivity contribution in [3.8, 4) is 28.3 Å². The smallest absolute Gasteiger partial charge is 0.449 e. The van der Waals surface area contributed by atoms with Crippen LogP contribution >= 0.6 is 0 Å². The van der Waals surface area contributed by atoms with Gasteiger partial charge in [0.1, 0.15) is 23.2 Å². The molecular formula is C32H27FN4O3. The molecule has 1 N–H and O–H groups in total. The van der Waals surface area contributed by atoms with Crippen LogP contribution in [0.4, 0.5) is 9.18 Å². The summed E-state index contributed by atoms with van der Waals surface area (Å²) in [6.45, 7) is 4.76. The highest BCUT2D eigenvalue weighted by atomic mass is 19.1. The van der Waals surface area contributed by atoms with Gasteiger partial charge in [-0.2, -0.15) is 0 Å². The fourth-order valence-corrected chi connectivity index (χ4v) is 5.31. The van der Waals surface area contributed by atoms with E-state index < -0.39 is 6.16 Å². The predicted octanol–water partition coefficient (Wildman–Crippen LogP) is 7.37. The Kier molecular flexibility index (Phi) is 6.30. The summed E-state index contributed by atoms with van der Waals surface area (Å²) in [6, 6.07) is 24.0. The molecule has 6 rings (SSSR count). The van der Waals surface area contributed by atoms with Crippen molar-refractivity contribution in [1.82, 2.24) is 19.1 Å². The summed E-state index contributed by atoms with van der Waals surface area (Å²) in [5, 5.41) is 9.09. The molecule has 7 nitrogen and oxygen atoms in total. The van der Waals surface area contributed by atoms with Crippen molar-refractivity contribution in [1.29, 1.82) is 0 Å². The third kappa shape index (κ3) is 4.47. The van der Waals surface area contributed by atoms with E-state index in [1.54, 1.807) is 18.2 Å². The lowest BCUT2D eigenvalue weighted by Crippen LogP contribution is -2.05. The average Bonchev–Trinajstić information content (AvgIpc) is 3.46. The Balaban J connectivity index is 1.39. The van der Waals surface area contributed by atoms with Crippen molar-refractivity contribution in [3.05, 3.63) is 102 Å². The first-order valence-corrected chi connectivity index (χ1v) is 13.0. The zero-order valence-electron chi connectivity index (χ0n) is 22.4. The van der Waals surface area contributed by atoms with Crippen LogP contribution in [0.2, 0.25) is 0 Å². The first-order chi connectivity index (χ1) is 19.3. The molecule has 40 heavy (non-hydrogen) atoms. The molecule has 0 atom stereocenters. The number of aromatic nitrogens is 4. The summed E-state index contributed by atoms with van der Waals surface area (Å²) in [5.41, 5.74) is 8.08. The van der Waals surface area contributed by atoms with Crippen LogP contribution < -0.4 is 4.74 Å². The van der Waals surface area contributed by atoms with E-state index in [1.807, 2.05) is 48.0 Å². The first-order valence-electron chi connectivity index (χ1n) is 13.0. The molecule has 200 valence electrons. The standard InChI is InChI=1S/C32H27FN4O3/c1-4-29-35-30-19(2)15-22(31-34-25-17-23(33)13-14-26(25)36(31)3)16-27(30)37(29)18-20-9-11-21(12-10-20)24-7-5-6-8-28(24)40-32(38)39/h5-17H,4,18H2,1-3H3,(H,38,39). The van der Waals surface area contributed by atoms with Gasteiger partial charge in [-0.3, -0.25) is 0 Å². The van der Waals surface area contributed by atoms with Crippen LogP contribution in [0, 0.1) is 12.7 Å². The number of rotatable bonds is 6. The number of hydrogen-bond donors (Lipinski definition) is 1. The monoisotopic (exact) mass is 534 g/mol. The van der Waals surface area contributed by atoms with Gasteiger partial charge in [0.25, 0.3) is 0 Å². The maximum atomic E-state index is 13.9. The average molecular weight is 535 g/mol. The number of para-hydroxylation sites is 1. The zero-order valence-corrected chi connectivity index (χ0v) is 22.4. The molecule has 0 fully saturated rings. The summed E-state index contributed by atoms with van der Waals surface area (Å²) in [6.07, 6.45) is -0.573. The second-order valence-electron chi connectivity index (χ2n) is 9.82. The summed E-state index contributed by atoms with van der Waals surface area (Å²) in [7, 11) is 1.94. The van der Waals surface area contributed by atoms with Crippen molar-refractivity contribution in [2.75, 3.05) is 0 Å².